The van der Waals surface area contributed by atoms with Crippen LogP contribution in [0.3, 0.4) is 0 Å². The molecule has 1 aromatic carbocycles. The van der Waals surface area contributed by atoms with Crippen molar-refractivity contribution >= 4 is 46.4 Å². The van der Waals surface area contributed by atoms with E-state index in [0.29, 0.717) is 15.6 Å². The molecule has 0 saturated carbocycles. The molecule has 0 atom stereocenters. The number of hydrogen-bond acceptors (Lipinski definition) is 2. The molecule has 0 aliphatic carbocycles. The second-order valence-corrected chi connectivity index (χ2v) is 5.93. The average molecular weight is 297 g/mol. The average Bonchev–Trinajstić information content (AvgIpc) is 2.75. The second kappa shape index (κ2) is 5.70. The molecule has 0 unspecified atom stereocenters. The van der Waals surface area contributed by atoms with Crippen LogP contribution in [0.2, 0.25) is 10.0 Å². The number of aryl methyl sites for hydroxylation is 1. The highest BCUT2D eigenvalue weighted by molar-refractivity contribution is 7.12. The van der Waals surface area contributed by atoms with Gasteiger partial charge in [0.05, 0.1) is 5.02 Å². The lowest BCUT2D eigenvalue weighted by molar-refractivity contribution is 0.104. The third-order valence-corrected chi connectivity index (χ3v) is 3.88. The van der Waals surface area contributed by atoms with Crippen LogP contribution in [-0.2, 0) is 0 Å². The van der Waals surface area contributed by atoms with Gasteiger partial charge < -0.3 is 0 Å². The summed E-state index contributed by atoms with van der Waals surface area (Å²) in [5.74, 6) is -0.145. The lowest BCUT2D eigenvalue weighted by Gasteiger charge is -2.00. The van der Waals surface area contributed by atoms with E-state index in [2.05, 4.69) is 0 Å². The molecule has 1 heterocycles. The normalized spacial score (nSPS) is 11.1. The van der Waals surface area contributed by atoms with Crippen molar-refractivity contribution in [2.75, 3.05) is 0 Å². The van der Waals surface area contributed by atoms with E-state index in [1.165, 1.54) is 11.0 Å². The minimum atomic E-state index is -0.145. The third kappa shape index (κ3) is 3.22. The van der Waals surface area contributed by atoms with Crippen molar-refractivity contribution in [3.05, 3.63) is 61.8 Å². The molecule has 0 N–H and O–H groups in total. The van der Waals surface area contributed by atoms with Crippen LogP contribution in [0.5, 0.6) is 0 Å². The number of carbonyl (C=O) groups excluding carboxylic acids is 1. The van der Waals surface area contributed by atoms with Crippen LogP contribution in [0.15, 0.2) is 36.4 Å². The van der Waals surface area contributed by atoms with Crippen molar-refractivity contribution < 1.29 is 4.79 Å². The Balaban J connectivity index is 2.22. The summed E-state index contributed by atoms with van der Waals surface area (Å²) < 4.78 is 0. The molecule has 0 radical (unpaired) electrons. The standard InChI is InChI=1S/C14H10Cl2OS/c1-9-2-4-11(18-9)5-7-14(17)12-8-10(15)3-6-13(12)16/h2-8H,1H3/b7-5+. The summed E-state index contributed by atoms with van der Waals surface area (Å²) in [6.07, 6.45) is 3.31. The van der Waals surface area contributed by atoms with Gasteiger partial charge in [-0.1, -0.05) is 23.2 Å². The summed E-state index contributed by atoms with van der Waals surface area (Å²) in [5.41, 5.74) is 0.425. The minimum absolute atomic E-state index is 0.145. The highest BCUT2D eigenvalue weighted by atomic mass is 35.5. The quantitative estimate of drug-likeness (QED) is 0.558. The maximum Gasteiger partial charge on any atom is 0.187 e. The Labute approximate surface area is 120 Å². The first kappa shape index (κ1) is 13.3. The van der Waals surface area contributed by atoms with Gasteiger partial charge in [0, 0.05) is 20.3 Å². The zero-order valence-electron chi connectivity index (χ0n) is 9.61. The van der Waals surface area contributed by atoms with Crippen LogP contribution in [-0.4, -0.2) is 5.78 Å². The van der Waals surface area contributed by atoms with Crippen LogP contribution >= 0.6 is 34.5 Å². The van der Waals surface area contributed by atoms with Crippen LogP contribution < -0.4 is 0 Å². The van der Waals surface area contributed by atoms with E-state index in [4.69, 9.17) is 23.2 Å². The Kier molecular flexibility index (Phi) is 4.23. The van der Waals surface area contributed by atoms with E-state index >= 15 is 0 Å². The molecule has 0 bridgehead atoms. The molecule has 0 aliphatic heterocycles. The molecule has 2 aromatic rings. The van der Waals surface area contributed by atoms with Crippen molar-refractivity contribution in [3.8, 4) is 0 Å². The largest absolute Gasteiger partial charge is 0.289 e. The van der Waals surface area contributed by atoms with E-state index in [0.717, 1.165) is 4.88 Å². The fraction of sp³-hybridized carbons (Fsp3) is 0.0714. The van der Waals surface area contributed by atoms with Crippen LogP contribution in [0.25, 0.3) is 6.08 Å². The maximum atomic E-state index is 12.0. The summed E-state index contributed by atoms with van der Waals surface area (Å²) in [4.78, 5) is 14.2. The van der Waals surface area contributed by atoms with Gasteiger partial charge in [0.2, 0.25) is 0 Å². The molecule has 0 spiro atoms. The zero-order chi connectivity index (χ0) is 13.1. The molecule has 1 aromatic heterocycles. The highest BCUT2D eigenvalue weighted by Gasteiger charge is 2.08. The van der Waals surface area contributed by atoms with E-state index in [1.807, 2.05) is 19.1 Å². The third-order valence-electron chi connectivity index (χ3n) is 2.35. The monoisotopic (exact) mass is 296 g/mol. The van der Waals surface area contributed by atoms with Crippen molar-refractivity contribution in [1.82, 2.24) is 0 Å². The minimum Gasteiger partial charge on any atom is -0.289 e. The number of carbonyl (C=O) groups is 1. The van der Waals surface area contributed by atoms with Gasteiger partial charge in [-0.25, -0.2) is 0 Å². The summed E-state index contributed by atoms with van der Waals surface area (Å²) >= 11 is 13.4. The van der Waals surface area contributed by atoms with Crippen LogP contribution in [0, 0.1) is 6.92 Å². The van der Waals surface area contributed by atoms with Crippen molar-refractivity contribution in [3.63, 3.8) is 0 Å². The van der Waals surface area contributed by atoms with Crippen molar-refractivity contribution in [2.24, 2.45) is 0 Å². The second-order valence-electron chi connectivity index (χ2n) is 3.77. The number of ketones is 1. The number of thiophene rings is 1. The molecule has 0 fully saturated rings. The molecule has 18 heavy (non-hydrogen) atoms. The van der Waals surface area contributed by atoms with E-state index in [-0.39, 0.29) is 5.78 Å². The molecule has 92 valence electrons. The molecular weight excluding hydrogens is 287 g/mol. The molecule has 0 saturated heterocycles. The zero-order valence-corrected chi connectivity index (χ0v) is 11.9. The van der Waals surface area contributed by atoms with E-state index in [9.17, 15) is 4.79 Å². The Morgan fingerprint density at radius 1 is 1.22 bits per heavy atom. The first-order valence-corrected chi connectivity index (χ1v) is 6.87. The molecule has 1 nitrogen and oxygen atoms in total. The summed E-state index contributed by atoms with van der Waals surface area (Å²) in [6, 6.07) is 8.86. The first-order chi connectivity index (χ1) is 8.56. The van der Waals surface area contributed by atoms with E-state index in [1.54, 1.807) is 35.6 Å². The Morgan fingerprint density at radius 3 is 2.67 bits per heavy atom. The Morgan fingerprint density at radius 2 is 2.00 bits per heavy atom. The predicted molar refractivity (Wildman–Crippen MR) is 78.9 cm³/mol. The first-order valence-electron chi connectivity index (χ1n) is 5.30. The summed E-state index contributed by atoms with van der Waals surface area (Å²) in [7, 11) is 0. The van der Waals surface area contributed by atoms with Gasteiger partial charge in [-0.05, 0) is 49.4 Å². The van der Waals surface area contributed by atoms with Gasteiger partial charge in [0.1, 0.15) is 0 Å². The molecule has 2 rings (SSSR count). The molecular formula is C14H10Cl2OS. The summed E-state index contributed by atoms with van der Waals surface area (Å²) in [6.45, 7) is 2.03. The van der Waals surface area contributed by atoms with Gasteiger partial charge >= 0.3 is 0 Å². The number of allylic oxidation sites excluding steroid dienone is 1. The lowest BCUT2D eigenvalue weighted by atomic mass is 10.1. The molecule has 0 amide bonds. The predicted octanol–water partition coefficient (Wildman–Crippen LogP) is 5.26. The van der Waals surface area contributed by atoms with Crippen molar-refractivity contribution in [2.45, 2.75) is 6.92 Å². The van der Waals surface area contributed by atoms with Crippen LogP contribution in [0.4, 0.5) is 0 Å². The SMILES string of the molecule is Cc1ccc(/C=C/C(=O)c2cc(Cl)ccc2Cl)s1. The van der Waals surface area contributed by atoms with Gasteiger partial charge in [0.15, 0.2) is 5.78 Å². The Hall–Kier alpha value is -1.09. The highest BCUT2D eigenvalue weighted by Crippen LogP contribution is 2.22. The summed E-state index contributed by atoms with van der Waals surface area (Å²) in [5, 5.41) is 0.916. The number of halogens is 2. The van der Waals surface area contributed by atoms with Gasteiger partial charge in [-0.3, -0.25) is 4.79 Å². The lowest BCUT2D eigenvalue weighted by Crippen LogP contribution is -1.95. The van der Waals surface area contributed by atoms with E-state index < -0.39 is 0 Å². The Bertz CT molecular complexity index is 614. The smallest absolute Gasteiger partial charge is 0.187 e. The number of hydrogen-bond donors (Lipinski definition) is 0. The fourth-order valence-corrected chi connectivity index (χ4v) is 2.64. The van der Waals surface area contributed by atoms with Crippen molar-refractivity contribution in [1.29, 1.82) is 0 Å². The number of rotatable bonds is 3. The van der Waals surface area contributed by atoms with Gasteiger partial charge in [0.25, 0.3) is 0 Å². The fourth-order valence-electron chi connectivity index (χ4n) is 1.48. The topological polar surface area (TPSA) is 17.1 Å². The van der Waals surface area contributed by atoms with Gasteiger partial charge in [-0.2, -0.15) is 0 Å². The maximum absolute atomic E-state index is 12.0. The number of benzene rings is 1. The molecule has 4 heteroatoms. The molecule has 0 aliphatic rings. The van der Waals surface area contributed by atoms with Crippen LogP contribution in [0.1, 0.15) is 20.1 Å². The van der Waals surface area contributed by atoms with Gasteiger partial charge in [-0.15, -0.1) is 11.3 Å².